The van der Waals surface area contributed by atoms with Crippen molar-refractivity contribution in [2.24, 2.45) is 5.92 Å². The fourth-order valence-electron chi connectivity index (χ4n) is 4.66. The Morgan fingerprint density at radius 3 is 2.37 bits per heavy atom. The maximum absolute atomic E-state index is 13.6. The van der Waals surface area contributed by atoms with Gasteiger partial charge in [0.1, 0.15) is 18.7 Å². The fraction of sp³-hybridized carbons (Fsp3) is 0.531. The van der Waals surface area contributed by atoms with Crippen molar-refractivity contribution in [1.29, 1.82) is 0 Å². The summed E-state index contributed by atoms with van der Waals surface area (Å²) in [6, 6.07) is 6.37. The van der Waals surface area contributed by atoms with Crippen LogP contribution in [0.2, 0.25) is 0 Å². The zero-order valence-corrected chi connectivity index (χ0v) is 25.8. The smallest absolute Gasteiger partial charge is 0.408 e. The van der Waals surface area contributed by atoms with Crippen LogP contribution in [-0.2, 0) is 35.3 Å². The number of benzene rings is 1. The predicted octanol–water partition coefficient (Wildman–Crippen LogP) is 3.09. The van der Waals surface area contributed by atoms with Crippen molar-refractivity contribution in [2.45, 2.75) is 96.7 Å². The number of hydrogen-bond acceptors (Lipinski definition) is 7. The first-order valence-corrected chi connectivity index (χ1v) is 14.7. The lowest BCUT2D eigenvalue weighted by molar-refractivity contribution is -0.135. The molecular weight excluding hydrogens is 552 g/mol. The number of amides is 4. The minimum atomic E-state index is -1.17. The van der Waals surface area contributed by atoms with E-state index in [0.717, 1.165) is 11.6 Å². The van der Waals surface area contributed by atoms with Crippen molar-refractivity contribution in [3.8, 4) is 0 Å². The molecule has 4 N–H and O–H groups in total. The quantitative estimate of drug-likeness (QED) is 0.214. The standard InChI is InChI=1S/C32H46N4O7/c1-7-12-26(29(39)34-24(15-16-25(37)8-2)19-23-17-18-33-28(23)38)35-30(40)27(21(3)43-32(4,5)6)36-31(41)42-20-22-13-10-9-11-14-22/h8-11,13-16,21,23-24,26-27H,2,7,12,17-20H2,1,3-6H3,(H,33,38)(H,34,39)(H,35,40)(H,36,41)/b16-15+/t21?,23-,24+,26-,27-/m0/s1. The average Bonchev–Trinajstić information content (AvgIpc) is 3.36. The van der Waals surface area contributed by atoms with Crippen molar-refractivity contribution in [3.05, 3.63) is 60.7 Å². The Hall–Kier alpha value is -3.99. The number of ether oxygens (including phenoxy) is 2. The second kappa shape index (κ2) is 17.2. The van der Waals surface area contributed by atoms with Gasteiger partial charge < -0.3 is 30.7 Å². The molecule has 0 aromatic heterocycles. The molecule has 1 aliphatic rings. The van der Waals surface area contributed by atoms with Gasteiger partial charge in [0, 0.05) is 18.5 Å². The Morgan fingerprint density at radius 1 is 1.09 bits per heavy atom. The fourth-order valence-corrected chi connectivity index (χ4v) is 4.66. The SMILES string of the molecule is C=CC(=O)/C=C/[C@H](C[C@@H]1CCNC1=O)NC(=O)[C@H](CCC)NC(=O)[C@@H](NC(=O)OCc1ccccc1)C(C)OC(C)(C)C. The predicted molar refractivity (Wildman–Crippen MR) is 163 cm³/mol. The number of carbonyl (C=O) groups is 5. The summed E-state index contributed by atoms with van der Waals surface area (Å²) in [5, 5.41) is 11.0. The topological polar surface area (TPSA) is 152 Å². The Bertz CT molecular complexity index is 1150. The molecule has 1 fully saturated rings. The van der Waals surface area contributed by atoms with Gasteiger partial charge in [-0.15, -0.1) is 0 Å². The van der Waals surface area contributed by atoms with Crippen LogP contribution in [0.25, 0.3) is 0 Å². The number of allylic oxidation sites excluding steroid dienone is 2. The number of nitrogens with one attached hydrogen (secondary N) is 4. The molecule has 0 spiro atoms. The lowest BCUT2D eigenvalue weighted by atomic mass is 9.97. The van der Waals surface area contributed by atoms with Crippen LogP contribution < -0.4 is 21.3 Å². The van der Waals surface area contributed by atoms with E-state index in [1.807, 2.05) is 58.0 Å². The van der Waals surface area contributed by atoms with Gasteiger partial charge in [0.2, 0.25) is 17.7 Å². The maximum atomic E-state index is 13.6. The van der Waals surface area contributed by atoms with E-state index < -0.39 is 47.7 Å². The van der Waals surface area contributed by atoms with Crippen molar-refractivity contribution in [1.82, 2.24) is 21.3 Å². The third-order valence-electron chi connectivity index (χ3n) is 6.71. The van der Waals surface area contributed by atoms with E-state index in [9.17, 15) is 24.0 Å². The molecule has 43 heavy (non-hydrogen) atoms. The summed E-state index contributed by atoms with van der Waals surface area (Å²) < 4.78 is 11.3. The summed E-state index contributed by atoms with van der Waals surface area (Å²) in [6.45, 7) is 13.0. The van der Waals surface area contributed by atoms with Crippen molar-refractivity contribution in [2.75, 3.05) is 6.54 Å². The minimum absolute atomic E-state index is 0.0126. The average molecular weight is 599 g/mol. The molecule has 1 aromatic rings. The Kier molecular flexibility index (Phi) is 14.1. The molecule has 1 aliphatic heterocycles. The van der Waals surface area contributed by atoms with Gasteiger partial charge in [-0.2, -0.15) is 0 Å². The van der Waals surface area contributed by atoms with Crippen molar-refractivity contribution in [3.63, 3.8) is 0 Å². The molecule has 0 saturated carbocycles. The molecule has 1 heterocycles. The van der Waals surface area contributed by atoms with Crippen molar-refractivity contribution >= 4 is 29.6 Å². The second-order valence-corrected chi connectivity index (χ2v) is 11.6. The van der Waals surface area contributed by atoms with Gasteiger partial charge in [0.15, 0.2) is 5.78 Å². The van der Waals surface area contributed by atoms with Gasteiger partial charge >= 0.3 is 6.09 Å². The number of alkyl carbamates (subject to hydrolysis) is 1. The molecule has 1 unspecified atom stereocenters. The second-order valence-electron chi connectivity index (χ2n) is 11.6. The normalized spacial score (nSPS) is 17.7. The highest BCUT2D eigenvalue weighted by Crippen LogP contribution is 2.18. The van der Waals surface area contributed by atoms with Gasteiger partial charge in [-0.05, 0) is 64.7 Å². The van der Waals surface area contributed by atoms with Gasteiger partial charge in [-0.3, -0.25) is 19.2 Å². The summed E-state index contributed by atoms with van der Waals surface area (Å²) in [5.41, 5.74) is 0.161. The molecule has 5 atom stereocenters. The molecule has 11 heteroatoms. The van der Waals surface area contributed by atoms with E-state index in [4.69, 9.17) is 9.47 Å². The first kappa shape index (κ1) is 35.2. The molecule has 2 rings (SSSR count). The van der Waals surface area contributed by atoms with Crippen LogP contribution in [0.1, 0.15) is 65.9 Å². The summed E-state index contributed by atoms with van der Waals surface area (Å²) in [6.07, 6.45) is 4.19. The van der Waals surface area contributed by atoms with E-state index in [-0.39, 0.29) is 24.2 Å². The van der Waals surface area contributed by atoms with Gasteiger partial charge in [-0.25, -0.2) is 4.79 Å². The van der Waals surface area contributed by atoms with Gasteiger partial charge in [0.05, 0.1) is 11.7 Å². The van der Waals surface area contributed by atoms with E-state index in [1.165, 1.54) is 12.2 Å². The summed E-state index contributed by atoms with van der Waals surface area (Å²) in [5.74, 6) is -1.87. The minimum Gasteiger partial charge on any atom is -0.445 e. The van der Waals surface area contributed by atoms with E-state index in [1.54, 1.807) is 6.92 Å². The Balaban J connectivity index is 2.18. The molecule has 0 bridgehead atoms. The summed E-state index contributed by atoms with van der Waals surface area (Å²) in [7, 11) is 0. The number of carbonyl (C=O) groups excluding carboxylic acids is 5. The molecule has 1 saturated heterocycles. The third-order valence-corrected chi connectivity index (χ3v) is 6.71. The zero-order chi connectivity index (χ0) is 32.0. The van der Waals surface area contributed by atoms with Gasteiger partial charge in [-0.1, -0.05) is 56.3 Å². The molecular formula is C32H46N4O7. The Labute approximate surface area is 254 Å². The van der Waals surface area contributed by atoms with Crippen LogP contribution in [0.4, 0.5) is 4.79 Å². The van der Waals surface area contributed by atoms with Crippen LogP contribution in [0.15, 0.2) is 55.1 Å². The first-order chi connectivity index (χ1) is 20.3. The number of ketones is 1. The third kappa shape index (κ3) is 12.8. The zero-order valence-electron chi connectivity index (χ0n) is 25.8. The molecule has 1 aromatic carbocycles. The number of hydrogen-bond donors (Lipinski definition) is 4. The lowest BCUT2D eigenvalue weighted by Gasteiger charge is -2.31. The maximum Gasteiger partial charge on any atom is 0.408 e. The van der Waals surface area contributed by atoms with Crippen LogP contribution in [0.5, 0.6) is 0 Å². The van der Waals surface area contributed by atoms with E-state index in [2.05, 4.69) is 27.8 Å². The summed E-state index contributed by atoms with van der Waals surface area (Å²) >= 11 is 0. The molecule has 11 nitrogen and oxygen atoms in total. The largest absolute Gasteiger partial charge is 0.445 e. The molecule has 0 radical (unpaired) electrons. The molecule has 236 valence electrons. The Morgan fingerprint density at radius 2 is 1.79 bits per heavy atom. The first-order valence-electron chi connectivity index (χ1n) is 14.7. The molecule has 0 aliphatic carbocycles. The van der Waals surface area contributed by atoms with Crippen LogP contribution >= 0.6 is 0 Å². The van der Waals surface area contributed by atoms with E-state index in [0.29, 0.717) is 32.2 Å². The lowest BCUT2D eigenvalue weighted by Crippen LogP contribution is -2.58. The van der Waals surface area contributed by atoms with E-state index >= 15 is 0 Å². The van der Waals surface area contributed by atoms with Gasteiger partial charge in [0.25, 0.3) is 0 Å². The highest BCUT2D eigenvalue weighted by Gasteiger charge is 2.34. The highest BCUT2D eigenvalue weighted by atomic mass is 16.6. The van der Waals surface area contributed by atoms with Crippen LogP contribution in [0.3, 0.4) is 0 Å². The van der Waals surface area contributed by atoms with Crippen molar-refractivity contribution < 1.29 is 33.4 Å². The monoisotopic (exact) mass is 598 g/mol. The van der Waals surface area contributed by atoms with Crippen LogP contribution in [-0.4, -0.2) is 66.0 Å². The summed E-state index contributed by atoms with van der Waals surface area (Å²) in [4.78, 5) is 63.7. The number of rotatable bonds is 16. The highest BCUT2D eigenvalue weighted by molar-refractivity contribution is 5.99. The molecule has 4 amide bonds. The van der Waals surface area contributed by atoms with Crippen LogP contribution in [0, 0.1) is 5.92 Å².